The van der Waals surface area contributed by atoms with Gasteiger partial charge in [-0.25, -0.2) is 9.18 Å². The number of benzene rings is 2. The number of urea groups is 1. The third kappa shape index (κ3) is 5.24. The minimum atomic E-state index is -0.254. The van der Waals surface area contributed by atoms with Crippen LogP contribution in [-0.2, 0) is 12.0 Å². The second-order valence-corrected chi connectivity index (χ2v) is 9.73. The molecule has 0 radical (unpaired) electrons. The lowest BCUT2D eigenvalue weighted by Gasteiger charge is -2.39. The maximum absolute atomic E-state index is 14.3. The molecule has 1 fully saturated rings. The number of nitrogens with one attached hydrogen (secondary N) is 1. The van der Waals surface area contributed by atoms with Crippen molar-refractivity contribution in [1.82, 2.24) is 15.2 Å². The van der Waals surface area contributed by atoms with Gasteiger partial charge in [0, 0.05) is 48.2 Å². The van der Waals surface area contributed by atoms with Crippen LogP contribution in [0.15, 0.2) is 73.1 Å². The molecule has 1 saturated heterocycles. The van der Waals surface area contributed by atoms with Crippen molar-refractivity contribution in [3.05, 3.63) is 101 Å². The summed E-state index contributed by atoms with van der Waals surface area (Å²) >= 11 is 5.96. The van der Waals surface area contributed by atoms with Crippen LogP contribution in [0.1, 0.15) is 29.5 Å². The predicted molar refractivity (Wildman–Crippen MR) is 138 cm³/mol. The van der Waals surface area contributed by atoms with E-state index in [-0.39, 0.29) is 17.3 Å². The van der Waals surface area contributed by atoms with Gasteiger partial charge in [0.15, 0.2) is 0 Å². The van der Waals surface area contributed by atoms with Gasteiger partial charge in [-0.3, -0.25) is 14.8 Å². The lowest BCUT2D eigenvalue weighted by atomic mass is 9.74. The summed E-state index contributed by atoms with van der Waals surface area (Å²) in [5.41, 5.74) is 3.66. The van der Waals surface area contributed by atoms with E-state index < -0.39 is 0 Å². The average molecular weight is 491 g/mol. The van der Waals surface area contributed by atoms with Gasteiger partial charge in [-0.1, -0.05) is 35.9 Å². The Balaban J connectivity index is 1.24. The van der Waals surface area contributed by atoms with Crippen LogP contribution >= 0.6 is 11.6 Å². The van der Waals surface area contributed by atoms with E-state index in [2.05, 4.69) is 27.4 Å². The number of nitrogens with zero attached hydrogens (tertiary/aromatic N) is 3. The molecule has 2 aliphatic rings. The second-order valence-electron chi connectivity index (χ2n) is 9.30. The Morgan fingerprint density at radius 3 is 2.57 bits per heavy atom. The van der Waals surface area contributed by atoms with E-state index in [1.807, 2.05) is 36.4 Å². The molecule has 0 saturated carbocycles. The molecule has 0 unspecified atom stereocenters. The minimum absolute atomic E-state index is 0.153. The van der Waals surface area contributed by atoms with Crippen LogP contribution in [0.3, 0.4) is 0 Å². The highest BCUT2D eigenvalue weighted by Gasteiger charge is 2.46. The fourth-order valence-electron chi connectivity index (χ4n) is 5.10. The molecule has 1 aromatic heterocycles. The molecule has 1 N–H and O–H groups in total. The first kappa shape index (κ1) is 23.5. The summed E-state index contributed by atoms with van der Waals surface area (Å²) in [6.45, 7) is 3.64. The van der Waals surface area contributed by atoms with Crippen LogP contribution in [0.2, 0.25) is 5.02 Å². The van der Waals surface area contributed by atoms with E-state index >= 15 is 0 Å². The van der Waals surface area contributed by atoms with E-state index in [1.165, 1.54) is 6.07 Å². The maximum atomic E-state index is 14.3. The first-order valence-corrected chi connectivity index (χ1v) is 12.3. The summed E-state index contributed by atoms with van der Waals surface area (Å²) in [6.07, 6.45) is 9.46. The minimum Gasteiger partial charge on any atom is -0.334 e. The average Bonchev–Trinajstić information content (AvgIpc) is 3.19. The number of aromatic nitrogens is 1. The van der Waals surface area contributed by atoms with Gasteiger partial charge in [-0.15, -0.1) is 0 Å². The molecule has 2 aromatic carbocycles. The Hall–Kier alpha value is -3.22. The lowest BCUT2D eigenvalue weighted by Crippen LogP contribution is -2.47. The number of fused-ring (bicyclic) bond motifs is 2. The molecule has 3 heterocycles. The molecule has 1 spiro atoms. The van der Waals surface area contributed by atoms with Gasteiger partial charge in [0.25, 0.3) is 0 Å². The molecule has 180 valence electrons. The third-order valence-corrected chi connectivity index (χ3v) is 7.33. The molecular weight excluding hydrogens is 463 g/mol. The van der Waals surface area contributed by atoms with Gasteiger partial charge < -0.3 is 5.32 Å². The topological polar surface area (TPSA) is 48.5 Å². The van der Waals surface area contributed by atoms with Crippen molar-refractivity contribution in [2.45, 2.75) is 24.8 Å². The van der Waals surface area contributed by atoms with Crippen LogP contribution < -0.4 is 10.2 Å². The zero-order chi connectivity index (χ0) is 24.3. The molecule has 0 aliphatic carbocycles. The normalized spacial score (nSPS) is 17.1. The van der Waals surface area contributed by atoms with Crippen molar-refractivity contribution in [3.8, 4) is 0 Å². The predicted octanol–water partition coefficient (Wildman–Crippen LogP) is 5.65. The number of rotatable bonds is 5. The van der Waals surface area contributed by atoms with Crippen LogP contribution in [0.4, 0.5) is 14.9 Å². The molecule has 2 amide bonds. The van der Waals surface area contributed by atoms with Crippen molar-refractivity contribution in [2.75, 3.05) is 31.1 Å². The number of carbonyl (C=O) groups excluding carboxylic acids is 1. The van der Waals surface area contributed by atoms with Crippen molar-refractivity contribution in [2.24, 2.45) is 0 Å². The fraction of sp³-hybridized carbons (Fsp3) is 0.286. The zero-order valence-electron chi connectivity index (χ0n) is 19.5. The third-order valence-electron chi connectivity index (χ3n) is 7.08. The molecule has 5 nitrogen and oxygen atoms in total. The highest BCUT2D eigenvalue weighted by molar-refractivity contribution is 6.30. The number of carbonyl (C=O) groups is 1. The van der Waals surface area contributed by atoms with Crippen LogP contribution in [0.25, 0.3) is 6.08 Å². The van der Waals surface area contributed by atoms with Gasteiger partial charge in [0.1, 0.15) is 5.82 Å². The summed E-state index contributed by atoms with van der Waals surface area (Å²) in [6, 6.07) is 16.2. The van der Waals surface area contributed by atoms with Crippen LogP contribution in [0, 0.1) is 5.82 Å². The van der Waals surface area contributed by atoms with Crippen molar-refractivity contribution in [1.29, 1.82) is 0 Å². The van der Waals surface area contributed by atoms with E-state index in [9.17, 15) is 9.18 Å². The molecule has 7 heteroatoms. The smallest absolute Gasteiger partial charge is 0.322 e. The van der Waals surface area contributed by atoms with E-state index in [1.54, 1.807) is 29.4 Å². The Morgan fingerprint density at radius 2 is 1.83 bits per heavy atom. The van der Waals surface area contributed by atoms with E-state index in [4.69, 9.17) is 11.6 Å². The number of pyridine rings is 1. The van der Waals surface area contributed by atoms with Gasteiger partial charge in [-0.2, -0.15) is 0 Å². The number of likely N-dealkylation sites (tertiary alicyclic amines) is 1. The molecule has 35 heavy (non-hydrogen) atoms. The molecule has 2 aliphatic heterocycles. The standard InChI is InChI=1S/C28H28ClFN4O/c29-23-5-3-21(4-6-23)2-1-15-33-16-11-28(12-17-33)20-34(26-8-7-24(30)18-25(26)28)27(35)32-19-22-9-13-31-14-10-22/h1-10,13-14,18H,11-12,15-17,19-20H2,(H,32,35). The Kier molecular flexibility index (Phi) is 6.84. The summed E-state index contributed by atoms with van der Waals surface area (Å²) < 4.78 is 14.3. The van der Waals surface area contributed by atoms with Crippen molar-refractivity contribution in [3.63, 3.8) is 0 Å². The second kappa shape index (κ2) is 10.2. The number of anilines is 1. The van der Waals surface area contributed by atoms with E-state index in [0.29, 0.717) is 13.1 Å². The molecule has 5 rings (SSSR count). The van der Waals surface area contributed by atoms with Crippen molar-refractivity contribution < 1.29 is 9.18 Å². The summed E-state index contributed by atoms with van der Waals surface area (Å²) in [7, 11) is 0. The highest BCUT2D eigenvalue weighted by Crippen LogP contribution is 2.47. The van der Waals surface area contributed by atoms with Gasteiger partial charge in [0.2, 0.25) is 0 Å². The molecule has 0 bridgehead atoms. The van der Waals surface area contributed by atoms with Gasteiger partial charge >= 0.3 is 6.03 Å². The Bertz CT molecular complexity index is 1210. The number of hydrogen-bond donors (Lipinski definition) is 1. The number of hydrogen-bond acceptors (Lipinski definition) is 3. The van der Waals surface area contributed by atoms with E-state index in [0.717, 1.165) is 59.9 Å². The van der Waals surface area contributed by atoms with Crippen LogP contribution in [0.5, 0.6) is 0 Å². The Morgan fingerprint density at radius 1 is 1.09 bits per heavy atom. The molecule has 3 aromatic rings. The van der Waals surface area contributed by atoms with Crippen molar-refractivity contribution >= 4 is 29.4 Å². The SMILES string of the molecule is O=C(NCc1ccncc1)N1CC2(CCN(CC=Cc3ccc(Cl)cc3)CC2)c2cc(F)ccc21. The molecule has 0 atom stereocenters. The quantitative estimate of drug-likeness (QED) is 0.502. The first-order valence-electron chi connectivity index (χ1n) is 11.9. The van der Waals surface area contributed by atoms with Gasteiger partial charge in [0.05, 0.1) is 0 Å². The largest absolute Gasteiger partial charge is 0.334 e. The fourth-order valence-corrected chi connectivity index (χ4v) is 5.23. The maximum Gasteiger partial charge on any atom is 0.322 e. The first-order chi connectivity index (χ1) is 17.0. The summed E-state index contributed by atoms with van der Waals surface area (Å²) in [5, 5.41) is 3.74. The number of piperidine rings is 1. The monoisotopic (exact) mass is 490 g/mol. The highest BCUT2D eigenvalue weighted by atomic mass is 35.5. The lowest BCUT2D eigenvalue weighted by molar-refractivity contribution is 0.180. The molecular formula is C28H28ClFN4O. The number of amides is 2. The summed E-state index contributed by atoms with van der Waals surface area (Å²) in [5.74, 6) is -0.254. The number of halogens is 2. The Labute approximate surface area is 210 Å². The van der Waals surface area contributed by atoms with Gasteiger partial charge in [-0.05, 0) is 85.1 Å². The zero-order valence-corrected chi connectivity index (χ0v) is 20.2. The summed E-state index contributed by atoms with van der Waals surface area (Å²) in [4.78, 5) is 21.3. The van der Waals surface area contributed by atoms with Crippen LogP contribution in [-0.4, -0.2) is 42.1 Å².